The molecule has 7 heteroatoms. The zero-order valence-corrected chi connectivity index (χ0v) is 14.2. The molecule has 0 bridgehead atoms. The van der Waals surface area contributed by atoms with Crippen LogP contribution in [-0.4, -0.2) is 52.7 Å². The summed E-state index contributed by atoms with van der Waals surface area (Å²) in [5.74, 6) is 0.348. The summed E-state index contributed by atoms with van der Waals surface area (Å²) < 4.78 is 27.9. The quantitative estimate of drug-likeness (QED) is 0.471. The smallest absolute Gasteiger partial charge is 0.269 e. The highest BCUT2D eigenvalue weighted by Gasteiger charge is 2.34. The molecule has 0 N–H and O–H groups in total. The van der Waals surface area contributed by atoms with Gasteiger partial charge in [-0.15, -0.1) is 0 Å². The molecule has 0 aromatic heterocycles. The summed E-state index contributed by atoms with van der Waals surface area (Å²) in [6.07, 6.45) is 4.77. The predicted octanol–water partition coefficient (Wildman–Crippen LogP) is 1.86. The number of rotatable bonds is 5. The van der Waals surface area contributed by atoms with E-state index < -0.39 is 10.1 Å². The van der Waals surface area contributed by atoms with Gasteiger partial charge in [0.05, 0.1) is 11.9 Å². The molecule has 0 aliphatic carbocycles. The average Bonchev–Trinajstić information content (AvgIpc) is 2.45. The van der Waals surface area contributed by atoms with Gasteiger partial charge in [-0.25, -0.2) is 0 Å². The minimum absolute atomic E-state index is 0.123. The number of benzene rings is 1. The summed E-state index contributed by atoms with van der Waals surface area (Å²) in [5.41, 5.74) is 1.04. The van der Waals surface area contributed by atoms with E-state index in [1.165, 1.54) is 0 Å². The topological polar surface area (TPSA) is 59.0 Å². The minimum atomic E-state index is -3.43. The Morgan fingerprint density at radius 3 is 2.41 bits per heavy atom. The van der Waals surface area contributed by atoms with Crippen LogP contribution in [0.1, 0.15) is 12.8 Å². The van der Waals surface area contributed by atoms with Crippen LogP contribution in [0.5, 0.6) is 0 Å². The number of piperidine rings is 1. The van der Waals surface area contributed by atoms with Crippen LogP contribution in [0.3, 0.4) is 0 Å². The molecule has 0 radical (unpaired) electrons. The first-order valence-electron chi connectivity index (χ1n) is 7.36. The van der Waals surface area contributed by atoms with Crippen LogP contribution in [0.25, 0.3) is 0 Å². The van der Waals surface area contributed by atoms with Gasteiger partial charge in [-0.05, 0) is 12.1 Å². The van der Waals surface area contributed by atoms with Crippen molar-refractivity contribution in [1.82, 2.24) is 0 Å². The molecule has 1 heterocycles. The van der Waals surface area contributed by atoms with E-state index in [4.69, 9.17) is 4.28 Å². The molecule has 0 amide bonds. The molecule has 2 rings (SSSR count). The lowest BCUT2D eigenvalue weighted by Gasteiger charge is -2.35. The van der Waals surface area contributed by atoms with Crippen molar-refractivity contribution in [2.75, 3.05) is 38.4 Å². The van der Waals surface area contributed by atoms with Crippen molar-refractivity contribution >= 4 is 22.0 Å². The van der Waals surface area contributed by atoms with Crippen molar-refractivity contribution < 1.29 is 17.3 Å². The van der Waals surface area contributed by atoms with Crippen LogP contribution in [-0.2, 0) is 14.4 Å². The Hall–Kier alpha value is -1.44. The monoisotopic (exact) mass is 326 g/mol. The Morgan fingerprint density at radius 2 is 1.86 bits per heavy atom. The second-order valence-electron chi connectivity index (χ2n) is 5.98. The maximum atomic E-state index is 11.3. The summed E-state index contributed by atoms with van der Waals surface area (Å²) in [6, 6.07) is 9.95. The largest absolute Gasteiger partial charge is 0.311 e. The zero-order valence-electron chi connectivity index (χ0n) is 13.3. The van der Waals surface area contributed by atoms with Crippen molar-refractivity contribution in [2.45, 2.75) is 12.8 Å². The van der Waals surface area contributed by atoms with Gasteiger partial charge in [0, 0.05) is 32.0 Å². The fourth-order valence-electron chi connectivity index (χ4n) is 2.59. The van der Waals surface area contributed by atoms with Crippen molar-refractivity contribution in [3.8, 4) is 0 Å². The molecule has 1 aliphatic rings. The Kier molecular flexibility index (Phi) is 5.20. The van der Waals surface area contributed by atoms with Gasteiger partial charge in [0.25, 0.3) is 0 Å². The number of hydroxylamine groups is 3. The Bertz CT molecular complexity index is 608. The maximum Gasteiger partial charge on any atom is 0.311 e. The molecular formula is C15H24N3O3S+. The molecule has 22 heavy (non-hydrogen) atoms. The number of para-hydroxylation sites is 1. The van der Waals surface area contributed by atoms with Gasteiger partial charge < -0.3 is 0 Å². The molecule has 1 fully saturated rings. The number of nitrogens with zero attached hydrogens (tertiary/aromatic N) is 3. The highest BCUT2D eigenvalue weighted by molar-refractivity contribution is 7.85. The van der Waals surface area contributed by atoms with E-state index in [-0.39, 0.29) is 4.65 Å². The number of hydrazone groups is 1. The van der Waals surface area contributed by atoms with Crippen LogP contribution in [0.4, 0.5) is 5.69 Å². The summed E-state index contributed by atoms with van der Waals surface area (Å²) in [5, 5.41) is 6.33. The summed E-state index contributed by atoms with van der Waals surface area (Å²) >= 11 is 0. The van der Waals surface area contributed by atoms with E-state index in [9.17, 15) is 8.42 Å². The van der Waals surface area contributed by atoms with E-state index in [0.717, 1.165) is 24.8 Å². The first kappa shape index (κ1) is 16.9. The van der Waals surface area contributed by atoms with Gasteiger partial charge >= 0.3 is 10.1 Å². The van der Waals surface area contributed by atoms with Crippen molar-refractivity contribution in [1.29, 1.82) is 0 Å². The average molecular weight is 326 g/mol. The lowest BCUT2D eigenvalue weighted by Crippen LogP contribution is -2.50. The van der Waals surface area contributed by atoms with Gasteiger partial charge in [0.1, 0.15) is 20.1 Å². The molecule has 0 spiro atoms. The second kappa shape index (κ2) is 6.76. The molecule has 6 nitrogen and oxygen atoms in total. The third-order valence-corrected chi connectivity index (χ3v) is 4.47. The molecular weight excluding hydrogens is 302 g/mol. The molecule has 0 saturated carbocycles. The summed E-state index contributed by atoms with van der Waals surface area (Å²) in [6.45, 7) is 1.33. The van der Waals surface area contributed by atoms with Crippen LogP contribution in [0, 0.1) is 5.92 Å². The second-order valence-corrected chi connectivity index (χ2v) is 7.54. The molecule has 122 valence electrons. The standard InChI is InChI=1S/C15H24N3O3S/c1-17(15-7-5-4-6-8-15)16-13-14-9-11-18(2,12-10-14)21-22(3,19)20/h4-8,13-14H,9-12H2,1-3H3/q+1. The van der Waals surface area contributed by atoms with Crippen LogP contribution in [0.2, 0.25) is 0 Å². The van der Waals surface area contributed by atoms with Crippen LogP contribution in [0.15, 0.2) is 35.4 Å². The Balaban J connectivity index is 1.88. The highest BCUT2D eigenvalue weighted by atomic mass is 32.2. The van der Waals surface area contributed by atoms with Crippen molar-refractivity contribution in [3.63, 3.8) is 0 Å². The lowest BCUT2D eigenvalue weighted by atomic mass is 9.98. The van der Waals surface area contributed by atoms with Gasteiger partial charge in [-0.1, -0.05) is 22.5 Å². The van der Waals surface area contributed by atoms with Gasteiger partial charge in [0.15, 0.2) is 0 Å². The molecule has 1 aromatic rings. The van der Waals surface area contributed by atoms with E-state index in [2.05, 4.69) is 5.10 Å². The Labute approximate surface area is 132 Å². The Morgan fingerprint density at radius 1 is 1.27 bits per heavy atom. The van der Waals surface area contributed by atoms with Gasteiger partial charge in [-0.3, -0.25) is 5.01 Å². The maximum absolute atomic E-state index is 11.3. The fraction of sp³-hybridized carbons (Fsp3) is 0.533. The first-order valence-corrected chi connectivity index (χ1v) is 9.18. The summed E-state index contributed by atoms with van der Waals surface area (Å²) in [7, 11) is 0.297. The number of likely N-dealkylation sites (tertiary alicyclic amines) is 1. The van der Waals surface area contributed by atoms with Crippen molar-refractivity contribution in [3.05, 3.63) is 30.3 Å². The third kappa shape index (κ3) is 5.08. The number of anilines is 1. The van der Waals surface area contributed by atoms with E-state index >= 15 is 0 Å². The third-order valence-electron chi connectivity index (χ3n) is 3.84. The van der Waals surface area contributed by atoms with Crippen molar-refractivity contribution in [2.24, 2.45) is 11.0 Å². The van der Waals surface area contributed by atoms with Crippen LogP contribution >= 0.6 is 0 Å². The first-order chi connectivity index (χ1) is 10.3. The van der Waals surface area contributed by atoms with Gasteiger partial charge in [-0.2, -0.15) is 18.2 Å². The predicted molar refractivity (Wildman–Crippen MR) is 87.9 cm³/mol. The van der Waals surface area contributed by atoms with E-state index in [1.54, 1.807) is 0 Å². The van der Waals surface area contributed by atoms with Crippen LogP contribution < -0.4 is 5.01 Å². The molecule has 1 saturated heterocycles. The lowest BCUT2D eigenvalue weighted by molar-refractivity contribution is -1.07. The number of hydrogen-bond acceptors (Lipinski definition) is 5. The zero-order chi connectivity index (χ0) is 16.2. The van der Waals surface area contributed by atoms with E-state index in [1.807, 2.05) is 55.7 Å². The van der Waals surface area contributed by atoms with Gasteiger partial charge in [0.2, 0.25) is 0 Å². The normalized spacial score (nSPS) is 26.2. The van der Waals surface area contributed by atoms with E-state index in [0.29, 0.717) is 19.0 Å². The minimum Gasteiger partial charge on any atom is -0.269 e. The number of quaternary nitrogens is 1. The SMILES string of the molecule is CN(N=CC1CC[N+](C)(OS(C)(=O)=O)CC1)c1ccccc1. The molecule has 0 atom stereocenters. The molecule has 1 aliphatic heterocycles. The number of hydrogen-bond donors (Lipinski definition) is 0. The fourth-order valence-corrected chi connectivity index (χ4v) is 3.39. The summed E-state index contributed by atoms with van der Waals surface area (Å²) in [4.78, 5) is 0. The highest BCUT2D eigenvalue weighted by Crippen LogP contribution is 2.23. The molecule has 0 unspecified atom stereocenters. The molecule has 1 aromatic carbocycles.